The highest BCUT2D eigenvalue weighted by Crippen LogP contribution is 2.26. The molecule has 1 heterocycles. The maximum absolute atomic E-state index is 8.93. The third-order valence-corrected chi connectivity index (χ3v) is 3.06. The summed E-state index contributed by atoms with van der Waals surface area (Å²) >= 11 is 7.53. The molecule has 0 bridgehead atoms. The third kappa shape index (κ3) is 2.72. The molecule has 0 saturated heterocycles. The van der Waals surface area contributed by atoms with E-state index in [1.54, 1.807) is 24.4 Å². The monoisotopic (exact) mass is 255 g/mol. The molecule has 0 spiro atoms. The average molecular weight is 256 g/mol. The first-order valence-corrected chi connectivity index (χ1v) is 5.96. The van der Waals surface area contributed by atoms with E-state index in [1.165, 1.54) is 11.3 Å². The molecule has 84 valence electrons. The maximum atomic E-state index is 8.93. The SMILES string of the molecule is OCc1ccc(OCc2nccs2)c(Cl)c1. The van der Waals surface area contributed by atoms with Crippen LogP contribution in [0.5, 0.6) is 5.75 Å². The summed E-state index contributed by atoms with van der Waals surface area (Å²) in [6.07, 6.45) is 1.74. The summed E-state index contributed by atoms with van der Waals surface area (Å²) < 4.78 is 5.51. The van der Waals surface area contributed by atoms with Gasteiger partial charge in [0, 0.05) is 11.6 Å². The Kier molecular flexibility index (Phi) is 3.77. The van der Waals surface area contributed by atoms with E-state index in [1.807, 2.05) is 5.38 Å². The number of aromatic nitrogens is 1. The molecule has 1 aromatic carbocycles. The molecule has 0 saturated carbocycles. The number of rotatable bonds is 4. The first-order valence-electron chi connectivity index (χ1n) is 4.70. The first-order chi connectivity index (χ1) is 7.79. The molecule has 0 aliphatic carbocycles. The Morgan fingerprint density at radius 1 is 1.44 bits per heavy atom. The van der Waals surface area contributed by atoms with Crippen molar-refractivity contribution in [3.8, 4) is 5.75 Å². The number of ether oxygens (including phenoxy) is 1. The molecule has 0 aliphatic heterocycles. The lowest BCUT2D eigenvalue weighted by atomic mass is 10.2. The fourth-order valence-electron chi connectivity index (χ4n) is 1.22. The van der Waals surface area contributed by atoms with Crippen LogP contribution in [0.1, 0.15) is 10.6 Å². The van der Waals surface area contributed by atoms with Crippen molar-refractivity contribution in [1.29, 1.82) is 0 Å². The molecule has 1 N–H and O–H groups in total. The fourth-order valence-corrected chi connectivity index (χ4v) is 2.01. The first kappa shape index (κ1) is 11.4. The molecule has 0 unspecified atom stereocenters. The minimum absolute atomic E-state index is 0.0213. The average Bonchev–Trinajstić information content (AvgIpc) is 2.80. The van der Waals surface area contributed by atoms with E-state index in [4.69, 9.17) is 21.4 Å². The van der Waals surface area contributed by atoms with E-state index >= 15 is 0 Å². The van der Waals surface area contributed by atoms with Crippen molar-refractivity contribution in [3.05, 3.63) is 45.4 Å². The van der Waals surface area contributed by atoms with Gasteiger partial charge in [0.05, 0.1) is 11.6 Å². The van der Waals surface area contributed by atoms with Crippen LogP contribution in [0.2, 0.25) is 5.02 Å². The molecule has 5 heteroatoms. The van der Waals surface area contributed by atoms with Crippen LogP contribution in [0.25, 0.3) is 0 Å². The Morgan fingerprint density at radius 3 is 2.94 bits per heavy atom. The summed E-state index contributed by atoms with van der Waals surface area (Å²) in [6.45, 7) is 0.391. The van der Waals surface area contributed by atoms with Crippen molar-refractivity contribution >= 4 is 22.9 Å². The summed E-state index contributed by atoms with van der Waals surface area (Å²) in [6, 6.07) is 5.23. The number of aliphatic hydroxyl groups excluding tert-OH is 1. The lowest BCUT2D eigenvalue weighted by Gasteiger charge is -2.07. The number of hydrogen-bond donors (Lipinski definition) is 1. The van der Waals surface area contributed by atoms with Crippen molar-refractivity contribution in [2.45, 2.75) is 13.2 Å². The van der Waals surface area contributed by atoms with Gasteiger partial charge in [-0.3, -0.25) is 0 Å². The van der Waals surface area contributed by atoms with Crippen LogP contribution in [0.15, 0.2) is 29.8 Å². The van der Waals surface area contributed by atoms with Crippen molar-refractivity contribution in [1.82, 2.24) is 4.98 Å². The molecule has 3 nitrogen and oxygen atoms in total. The van der Waals surface area contributed by atoms with Crippen LogP contribution in [0, 0.1) is 0 Å². The van der Waals surface area contributed by atoms with E-state index in [9.17, 15) is 0 Å². The standard InChI is InChI=1S/C11H10ClNO2S/c12-9-5-8(6-14)1-2-10(9)15-7-11-13-3-4-16-11/h1-5,14H,6-7H2. The summed E-state index contributed by atoms with van der Waals surface area (Å²) in [5.41, 5.74) is 0.770. The van der Waals surface area contributed by atoms with Gasteiger partial charge >= 0.3 is 0 Å². The number of halogens is 1. The molecule has 16 heavy (non-hydrogen) atoms. The molecule has 0 atom stereocenters. The van der Waals surface area contributed by atoms with E-state index in [2.05, 4.69) is 4.98 Å². The largest absolute Gasteiger partial charge is 0.485 e. The number of benzene rings is 1. The van der Waals surface area contributed by atoms with Gasteiger partial charge in [0.25, 0.3) is 0 Å². The Bertz CT molecular complexity index is 459. The van der Waals surface area contributed by atoms with Gasteiger partial charge in [-0.25, -0.2) is 4.98 Å². The second-order valence-corrected chi connectivity index (χ2v) is 4.52. The second-order valence-electron chi connectivity index (χ2n) is 3.14. The van der Waals surface area contributed by atoms with Gasteiger partial charge in [0.2, 0.25) is 0 Å². The van der Waals surface area contributed by atoms with E-state index in [-0.39, 0.29) is 6.61 Å². The molecule has 1 aromatic heterocycles. The number of nitrogens with zero attached hydrogens (tertiary/aromatic N) is 1. The highest BCUT2D eigenvalue weighted by atomic mass is 35.5. The number of hydrogen-bond acceptors (Lipinski definition) is 4. The third-order valence-electron chi connectivity index (χ3n) is 2.01. The number of aliphatic hydroxyl groups is 1. The molecule has 2 aromatic rings. The van der Waals surface area contributed by atoms with Crippen LogP contribution in [-0.4, -0.2) is 10.1 Å². The minimum Gasteiger partial charge on any atom is -0.485 e. The van der Waals surface area contributed by atoms with Gasteiger partial charge in [0.15, 0.2) is 0 Å². The van der Waals surface area contributed by atoms with Crippen LogP contribution in [0.4, 0.5) is 0 Å². The summed E-state index contributed by atoms with van der Waals surface area (Å²) in [4.78, 5) is 4.11. The Hall–Kier alpha value is -1.10. The fraction of sp³-hybridized carbons (Fsp3) is 0.182. The molecule has 0 aliphatic rings. The normalized spacial score (nSPS) is 10.4. The van der Waals surface area contributed by atoms with Crippen molar-refractivity contribution in [2.75, 3.05) is 0 Å². The van der Waals surface area contributed by atoms with E-state index in [0.717, 1.165) is 10.6 Å². The van der Waals surface area contributed by atoms with Gasteiger partial charge in [-0.15, -0.1) is 11.3 Å². The van der Waals surface area contributed by atoms with Gasteiger partial charge in [-0.2, -0.15) is 0 Å². The smallest absolute Gasteiger partial charge is 0.140 e. The lowest BCUT2D eigenvalue weighted by Crippen LogP contribution is -1.95. The topological polar surface area (TPSA) is 42.4 Å². The number of thiazole rings is 1. The van der Waals surface area contributed by atoms with Crippen molar-refractivity contribution in [3.63, 3.8) is 0 Å². The zero-order valence-electron chi connectivity index (χ0n) is 8.39. The van der Waals surface area contributed by atoms with Crippen molar-refractivity contribution < 1.29 is 9.84 Å². The van der Waals surface area contributed by atoms with E-state index in [0.29, 0.717) is 17.4 Å². The highest BCUT2D eigenvalue weighted by molar-refractivity contribution is 7.09. The van der Waals surface area contributed by atoms with Crippen molar-refractivity contribution in [2.24, 2.45) is 0 Å². The maximum Gasteiger partial charge on any atom is 0.140 e. The Balaban J connectivity index is 2.04. The van der Waals surface area contributed by atoms with Crippen LogP contribution < -0.4 is 4.74 Å². The molecule has 0 radical (unpaired) electrons. The molecule has 0 amide bonds. The molecular weight excluding hydrogens is 246 g/mol. The predicted octanol–water partition coefficient (Wildman–Crippen LogP) is 2.87. The molecule has 0 fully saturated rings. The summed E-state index contributed by atoms with van der Waals surface area (Å²) in [7, 11) is 0. The van der Waals surface area contributed by atoms with Gasteiger partial charge in [0.1, 0.15) is 17.4 Å². The minimum atomic E-state index is -0.0213. The van der Waals surface area contributed by atoms with Crippen LogP contribution >= 0.6 is 22.9 Å². The van der Waals surface area contributed by atoms with Crippen LogP contribution in [-0.2, 0) is 13.2 Å². The quantitative estimate of drug-likeness (QED) is 0.914. The Labute approximate surface area is 102 Å². The molecule has 2 rings (SSSR count). The summed E-state index contributed by atoms with van der Waals surface area (Å²) in [5.74, 6) is 0.606. The van der Waals surface area contributed by atoms with E-state index < -0.39 is 0 Å². The Morgan fingerprint density at radius 2 is 2.31 bits per heavy atom. The summed E-state index contributed by atoms with van der Waals surface area (Å²) in [5, 5.41) is 12.2. The zero-order valence-corrected chi connectivity index (χ0v) is 9.96. The zero-order chi connectivity index (χ0) is 11.4. The van der Waals surface area contributed by atoms with Gasteiger partial charge in [-0.05, 0) is 17.7 Å². The lowest BCUT2D eigenvalue weighted by molar-refractivity contribution is 0.280. The van der Waals surface area contributed by atoms with Gasteiger partial charge < -0.3 is 9.84 Å². The van der Waals surface area contributed by atoms with Gasteiger partial charge in [-0.1, -0.05) is 17.7 Å². The highest BCUT2D eigenvalue weighted by Gasteiger charge is 2.04. The molecular formula is C11H10ClNO2S. The second kappa shape index (κ2) is 5.30. The predicted molar refractivity (Wildman–Crippen MR) is 63.8 cm³/mol. The van der Waals surface area contributed by atoms with Crippen LogP contribution in [0.3, 0.4) is 0 Å².